The Morgan fingerprint density at radius 3 is 2.65 bits per heavy atom. The molecular formula is C20H30N2O4. The minimum Gasteiger partial charge on any atom is -0.379 e. The number of ether oxygens (including phenoxy) is 3. The number of carbonyl (C=O) groups excluding carboxylic acids is 1. The van der Waals surface area contributed by atoms with Gasteiger partial charge in [0, 0.05) is 39.2 Å². The highest BCUT2D eigenvalue weighted by Gasteiger charge is 2.15. The molecule has 1 amide bonds. The van der Waals surface area contributed by atoms with Crippen molar-refractivity contribution < 1.29 is 19.0 Å². The fourth-order valence-electron chi connectivity index (χ4n) is 3.22. The van der Waals surface area contributed by atoms with Crippen molar-refractivity contribution in [3.63, 3.8) is 0 Å². The first-order valence-electron chi connectivity index (χ1n) is 9.63. The molecule has 0 unspecified atom stereocenters. The van der Waals surface area contributed by atoms with E-state index >= 15 is 0 Å². The second-order valence-corrected chi connectivity index (χ2v) is 6.94. The summed E-state index contributed by atoms with van der Waals surface area (Å²) >= 11 is 0. The van der Waals surface area contributed by atoms with Gasteiger partial charge in [-0.25, -0.2) is 0 Å². The van der Waals surface area contributed by atoms with E-state index in [0.29, 0.717) is 26.2 Å². The van der Waals surface area contributed by atoms with Crippen LogP contribution in [-0.2, 0) is 32.1 Å². The van der Waals surface area contributed by atoms with Gasteiger partial charge in [0.15, 0.2) is 0 Å². The molecule has 26 heavy (non-hydrogen) atoms. The molecule has 6 heteroatoms. The summed E-state index contributed by atoms with van der Waals surface area (Å²) in [5.74, 6) is 0.0229. The quantitative estimate of drug-likeness (QED) is 0.678. The van der Waals surface area contributed by atoms with Gasteiger partial charge in [-0.15, -0.1) is 0 Å². The van der Waals surface area contributed by atoms with Crippen LogP contribution >= 0.6 is 0 Å². The lowest BCUT2D eigenvalue weighted by Crippen LogP contribution is -2.35. The Kier molecular flexibility index (Phi) is 7.88. The van der Waals surface area contributed by atoms with Crippen LogP contribution in [-0.4, -0.2) is 63.0 Å². The lowest BCUT2D eigenvalue weighted by Gasteiger charge is -2.26. The maximum Gasteiger partial charge on any atom is 0.222 e. The van der Waals surface area contributed by atoms with E-state index in [4.69, 9.17) is 14.2 Å². The highest BCUT2D eigenvalue weighted by atomic mass is 16.5. The molecule has 2 saturated heterocycles. The van der Waals surface area contributed by atoms with E-state index in [1.807, 2.05) is 0 Å². The summed E-state index contributed by atoms with van der Waals surface area (Å²) in [5.41, 5.74) is 2.41. The van der Waals surface area contributed by atoms with E-state index < -0.39 is 0 Å². The summed E-state index contributed by atoms with van der Waals surface area (Å²) in [6.07, 6.45) is 2.78. The number of benzene rings is 1. The van der Waals surface area contributed by atoms with Gasteiger partial charge in [-0.1, -0.05) is 24.3 Å². The van der Waals surface area contributed by atoms with Crippen molar-refractivity contribution in [2.24, 2.45) is 0 Å². The standard InChI is InChI=1S/C20H30N2O4/c23-20(7-11-25-16-19-2-1-10-26-19)21-14-17-3-5-18(6-4-17)15-22-8-12-24-13-9-22/h3-6,19H,1-2,7-16H2,(H,21,23)/t19-/m1/s1. The predicted molar refractivity (Wildman–Crippen MR) is 98.8 cm³/mol. The monoisotopic (exact) mass is 362 g/mol. The summed E-state index contributed by atoms with van der Waals surface area (Å²) in [6, 6.07) is 8.46. The van der Waals surface area contributed by atoms with Crippen molar-refractivity contribution in [2.45, 2.75) is 38.5 Å². The fourth-order valence-corrected chi connectivity index (χ4v) is 3.22. The molecule has 2 aliphatic rings. The van der Waals surface area contributed by atoms with Gasteiger partial charge in [0.1, 0.15) is 0 Å². The van der Waals surface area contributed by atoms with Crippen molar-refractivity contribution in [1.82, 2.24) is 10.2 Å². The average molecular weight is 362 g/mol. The van der Waals surface area contributed by atoms with E-state index in [-0.39, 0.29) is 12.0 Å². The molecule has 1 atom stereocenters. The molecule has 0 radical (unpaired) electrons. The zero-order valence-corrected chi connectivity index (χ0v) is 15.5. The Balaban J connectivity index is 1.29. The van der Waals surface area contributed by atoms with Crippen LogP contribution in [0.25, 0.3) is 0 Å². The molecule has 2 heterocycles. The predicted octanol–water partition coefficient (Wildman–Crippen LogP) is 1.72. The Hall–Kier alpha value is -1.47. The maximum atomic E-state index is 11.9. The topological polar surface area (TPSA) is 60.0 Å². The first-order valence-corrected chi connectivity index (χ1v) is 9.63. The molecular weight excluding hydrogens is 332 g/mol. The third kappa shape index (κ3) is 6.68. The van der Waals surface area contributed by atoms with Gasteiger partial charge in [0.25, 0.3) is 0 Å². The zero-order chi connectivity index (χ0) is 18.0. The number of amides is 1. The highest BCUT2D eigenvalue weighted by Crippen LogP contribution is 2.12. The van der Waals surface area contributed by atoms with Crippen LogP contribution in [0.15, 0.2) is 24.3 Å². The van der Waals surface area contributed by atoms with E-state index in [2.05, 4.69) is 34.5 Å². The van der Waals surface area contributed by atoms with Crippen molar-refractivity contribution in [3.8, 4) is 0 Å². The third-order valence-electron chi connectivity index (χ3n) is 4.82. The molecule has 3 rings (SSSR count). The molecule has 6 nitrogen and oxygen atoms in total. The second-order valence-electron chi connectivity index (χ2n) is 6.94. The van der Waals surface area contributed by atoms with E-state index in [0.717, 1.165) is 57.9 Å². The highest BCUT2D eigenvalue weighted by molar-refractivity contribution is 5.75. The summed E-state index contributed by atoms with van der Waals surface area (Å²) in [6.45, 7) is 7.02. The van der Waals surface area contributed by atoms with E-state index in [9.17, 15) is 4.79 Å². The maximum absolute atomic E-state index is 11.9. The van der Waals surface area contributed by atoms with Crippen LogP contribution in [0.1, 0.15) is 30.4 Å². The van der Waals surface area contributed by atoms with Crippen LogP contribution in [0.3, 0.4) is 0 Å². The number of carbonyl (C=O) groups is 1. The lowest BCUT2D eigenvalue weighted by atomic mass is 10.1. The fraction of sp³-hybridized carbons (Fsp3) is 0.650. The molecule has 2 aliphatic heterocycles. The minimum atomic E-state index is 0.0229. The largest absolute Gasteiger partial charge is 0.379 e. The molecule has 144 valence electrons. The van der Waals surface area contributed by atoms with Gasteiger partial charge in [-0.3, -0.25) is 9.69 Å². The van der Waals surface area contributed by atoms with Crippen LogP contribution < -0.4 is 5.32 Å². The Labute approximate surface area is 155 Å². The van der Waals surface area contributed by atoms with Crippen molar-refractivity contribution in [1.29, 1.82) is 0 Å². The van der Waals surface area contributed by atoms with E-state index in [1.54, 1.807) is 0 Å². The summed E-state index contributed by atoms with van der Waals surface area (Å²) in [5, 5.41) is 2.95. The second kappa shape index (κ2) is 10.6. The number of rotatable bonds is 9. The zero-order valence-electron chi connectivity index (χ0n) is 15.5. The van der Waals surface area contributed by atoms with Crippen LogP contribution in [0.5, 0.6) is 0 Å². The average Bonchev–Trinajstić information content (AvgIpc) is 3.19. The minimum absolute atomic E-state index is 0.0229. The van der Waals surface area contributed by atoms with Gasteiger partial charge >= 0.3 is 0 Å². The normalized spacial score (nSPS) is 21.0. The van der Waals surface area contributed by atoms with Crippen LogP contribution in [0.4, 0.5) is 0 Å². The van der Waals surface area contributed by atoms with Crippen LogP contribution in [0, 0.1) is 0 Å². The number of morpholine rings is 1. The first-order chi connectivity index (χ1) is 12.8. The molecule has 1 aromatic rings. The Morgan fingerprint density at radius 2 is 1.92 bits per heavy atom. The van der Waals surface area contributed by atoms with Gasteiger partial charge in [0.05, 0.1) is 32.5 Å². The van der Waals surface area contributed by atoms with Gasteiger partial charge in [0.2, 0.25) is 5.91 Å². The summed E-state index contributed by atoms with van der Waals surface area (Å²) in [4.78, 5) is 14.3. The van der Waals surface area contributed by atoms with Gasteiger partial charge in [-0.2, -0.15) is 0 Å². The smallest absolute Gasteiger partial charge is 0.222 e. The summed E-state index contributed by atoms with van der Waals surface area (Å²) < 4.78 is 16.4. The molecule has 1 N–H and O–H groups in total. The molecule has 0 aliphatic carbocycles. The number of nitrogens with one attached hydrogen (secondary N) is 1. The van der Waals surface area contributed by atoms with Crippen molar-refractivity contribution in [3.05, 3.63) is 35.4 Å². The molecule has 0 aromatic heterocycles. The molecule has 0 saturated carbocycles. The number of hydrogen-bond donors (Lipinski definition) is 1. The SMILES string of the molecule is O=C(CCOC[C@H]1CCCO1)NCc1ccc(CN2CCOCC2)cc1. The van der Waals surface area contributed by atoms with Crippen molar-refractivity contribution in [2.75, 3.05) is 46.1 Å². The lowest BCUT2D eigenvalue weighted by molar-refractivity contribution is -0.122. The molecule has 0 spiro atoms. The summed E-state index contributed by atoms with van der Waals surface area (Å²) in [7, 11) is 0. The van der Waals surface area contributed by atoms with Crippen molar-refractivity contribution >= 4 is 5.91 Å². The van der Waals surface area contributed by atoms with Gasteiger partial charge < -0.3 is 19.5 Å². The van der Waals surface area contributed by atoms with Crippen LogP contribution in [0.2, 0.25) is 0 Å². The Morgan fingerprint density at radius 1 is 1.15 bits per heavy atom. The Bertz CT molecular complexity index is 537. The third-order valence-corrected chi connectivity index (χ3v) is 4.82. The number of nitrogens with zero attached hydrogens (tertiary/aromatic N) is 1. The van der Waals surface area contributed by atoms with Gasteiger partial charge in [-0.05, 0) is 24.0 Å². The molecule has 0 bridgehead atoms. The molecule has 2 fully saturated rings. The molecule has 1 aromatic carbocycles. The number of hydrogen-bond acceptors (Lipinski definition) is 5. The first kappa shape index (κ1) is 19.3. The van der Waals surface area contributed by atoms with E-state index in [1.165, 1.54) is 5.56 Å².